The molecule has 7 rings (SSSR count). The van der Waals surface area contributed by atoms with Crippen LogP contribution in [0.5, 0.6) is 0 Å². The summed E-state index contributed by atoms with van der Waals surface area (Å²) in [5, 5.41) is 0. The van der Waals surface area contributed by atoms with E-state index in [1.807, 2.05) is 18.2 Å². The summed E-state index contributed by atoms with van der Waals surface area (Å²) in [6.07, 6.45) is 4.81. The molecule has 37 heavy (non-hydrogen) atoms. The average Bonchev–Trinajstić information content (AvgIpc) is 3.68. The second-order valence-electron chi connectivity index (χ2n) is 10.3. The maximum atomic E-state index is 14.5. The van der Waals surface area contributed by atoms with Crippen molar-refractivity contribution in [1.82, 2.24) is 15.0 Å². The fourth-order valence-corrected chi connectivity index (χ4v) is 6.01. The first-order valence-corrected chi connectivity index (χ1v) is 12.6. The number of aromatic nitrogens is 3. The van der Waals surface area contributed by atoms with Crippen molar-refractivity contribution < 1.29 is 18.0 Å². The van der Waals surface area contributed by atoms with Gasteiger partial charge in [-0.05, 0) is 67.5 Å². The van der Waals surface area contributed by atoms with Gasteiger partial charge >= 0.3 is 0 Å². The number of benzene rings is 2. The third kappa shape index (κ3) is 3.43. The predicted octanol–water partition coefficient (Wildman–Crippen LogP) is 5.63. The number of nitrogens with one attached hydrogen (secondary N) is 1. The van der Waals surface area contributed by atoms with Crippen LogP contribution >= 0.6 is 0 Å². The maximum Gasteiger partial charge on any atom is 0.236 e. The molecule has 2 aromatic carbocycles. The molecule has 3 fully saturated rings. The third-order valence-electron chi connectivity index (χ3n) is 8.14. The third-order valence-corrected chi connectivity index (χ3v) is 8.14. The number of anilines is 2. The molecule has 188 valence electrons. The van der Waals surface area contributed by atoms with Crippen LogP contribution in [-0.4, -0.2) is 33.9 Å². The van der Waals surface area contributed by atoms with Gasteiger partial charge in [-0.2, -0.15) is 0 Å². The van der Waals surface area contributed by atoms with Crippen molar-refractivity contribution in [3.05, 3.63) is 83.4 Å². The number of fused-ring (bicyclic) bond motifs is 1. The van der Waals surface area contributed by atoms with Crippen LogP contribution in [0, 0.1) is 22.9 Å². The molecule has 0 radical (unpaired) electrons. The van der Waals surface area contributed by atoms with Gasteiger partial charge < -0.3 is 14.8 Å². The molecule has 9 heteroatoms. The Labute approximate surface area is 211 Å². The largest absolute Gasteiger partial charge is 0.342 e. The Kier molecular flexibility index (Phi) is 4.86. The summed E-state index contributed by atoms with van der Waals surface area (Å²) < 4.78 is 42.2. The number of amides is 1. The highest BCUT2D eigenvalue weighted by Gasteiger charge is 2.62. The predicted molar refractivity (Wildman–Crippen MR) is 133 cm³/mol. The molecule has 1 saturated carbocycles. The van der Waals surface area contributed by atoms with E-state index in [-0.39, 0.29) is 17.8 Å². The lowest BCUT2D eigenvalue weighted by atomic mass is 9.63. The number of hydrogen-bond acceptors (Lipinski definition) is 4. The first kappa shape index (κ1) is 22.3. The van der Waals surface area contributed by atoms with Crippen molar-refractivity contribution in [1.29, 1.82) is 0 Å². The Morgan fingerprint density at radius 1 is 0.946 bits per heavy atom. The molecule has 1 atom stereocenters. The number of rotatable bonds is 4. The maximum absolute atomic E-state index is 14.5. The Morgan fingerprint density at radius 2 is 1.76 bits per heavy atom. The lowest BCUT2D eigenvalue weighted by Crippen LogP contribution is -2.67. The summed E-state index contributed by atoms with van der Waals surface area (Å²) in [5.41, 5.74) is 2.48. The highest BCUT2D eigenvalue weighted by Crippen LogP contribution is 2.57. The molecule has 1 amide bonds. The summed E-state index contributed by atoms with van der Waals surface area (Å²) in [6.45, 7) is 1.14. The molecule has 1 aliphatic carbocycles. The van der Waals surface area contributed by atoms with E-state index in [0.29, 0.717) is 54.7 Å². The molecule has 2 saturated heterocycles. The van der Waals surface area contributed by atoms with E-state index in [1.165, 1.54) is 17.0 Å². The smallest absolute Gasteiger partial charge is 0.236 e. The lowest BCUT2D eigenvalue weighted by molar-refractivity contribution is -0.142. The van der Waals surface area contributed by atoms with Crippen molar-refractivity contribution in [3.8, 4) is 0 Å². The number of aromatic amines is 1. The fraction of sp³-hybridized carbons (Fsp3) is 0.321. The van der Waals surface area contributed by atoms with Crippen molar-refractivity contribution in [3.63, 3.8) is 0 Å². The number of carbonyl (C=O) groups is 1. The van der Waals surface area contributed by atoms with Crippen molar-refractivity contribution in [2.24, 2.45) is 5.41 Å². The second kappa shape index (κ2) is 8.06. The van der Waals surface area contributed by atoms with E-state index >= 15 is 0 Å². The lowest BCUT2D eigenvalue weighted by Gasteiger charge is -2.58. The summed E-state index contributed by atoms with van der Waals surface area (Å²) in [6, 6.07) is 12.0. The number of carbonyl (C=O) groups excluding carboxylic acids is 1. The summed E-state index contributed by atoms with van der Waals surface area (Å²) in [4.78, 5) is 29.8. The standard InChI is InChI=1S/C28H24F3N5O/c29-19-7-6-17(13-21(19)31)36-25(22-3-1-2-10-32-22)28(26(36)37)8-11-35(12-9-28)27-33-23-14-18(16-4-5-16)20(30)15-24(23)34-27/h1-3,6-7,10,13-16,25H,4-5,8-9,11-12H2,(H,33,34). The van der Waals surface area contributed by atoms with Gasteiger partial charge in [0.1, 0.15) is 5.82 Å². The monoisotopic (exact) mass is 503 g/mol. The fourth-order valence-electron chi connectivity index (χ4n) is 6.01. The Bertz CT molecular complexity index is 1530. The zero-order chi connectivity index (χ0) is 25.3. The Hall–Kier alpha value is -3.88. The molecule has 6 nitrogen and oxygen atoms in total. The molecule has 1 N–H and O–H groups in total. The summed E-state index contributed by atoms with van der Waals surface area (Å²) in [5.74, 6) is -1.31. The average molecular weight is 504 g/mol. The van der Waals surface area contributed by atoms with Gasteiger partial charge in [0, 0.05) is 37.1 Å². The second-order valence-corrected chi connectivity index (χ2v) is 10.3. The van der Waals surface area contributed by atoms with Crippen LogP contribution in [0.1, 0.15) is 48.9 Å². The molecule has 0 bridgehead atoms. The van der Waals surface area contributed by atoms with Crippen LogP contribution in [0.2, 0.25) is 0 Å². The first-order valence-electron chi connectivity index (χ1n) is 12.6. The van der Waals surface area contributed by atoms with Crippen LogP contribution < -0.4 is 9.80 Å². The van der Waals surface area contributed by atoms with Gasteiger partial charge in [-0.15, -0.1) is 0 Å². The molecule has 2 aromatic heterocycles. The number of H-pyrrole nitrogens is 1. The van der Waals surface area contributed by atoms with E-state index < -0.39 is 17.0 Å². The van der Waals surface area contributed by atoms with Crippen LogP contribution in [-0.2, 0) is 4.79 Å². The van der Waals surface area contributed by atoms with Gasteiger partial charge in [0.15, 0.2) is 11.6 Å². The van der Waals surface area contributed by atoms with E-state index in [2.05, 4.69) is 19.9 Å². The molecule has 4 heterocycles. The topological polar surface area (TPSA) is 65.1 Å². The SMILES string of the molecule is O=C1N(c2ccc(F)c(F)c2)C(c2ccccn2)C12CCN(c1nc3cc(F)c(C4CC4)cc3[nH]1)CC2. The van der Waals surface area contributed by atoms with Gasteiger partial charge in [-0.25, -0.2) is 18.2 Å². The quantitative estimate of drug-likeness (QED) is 0.367. The number of halogens is 3. The van der Waals surface area contributed by atoms with Gasteiger partial charge in [0.25, 0.3) is 0 Å². The van der Waals surface area contributed by atoms with Crippen molar-refractivity contribution in [2.75, 3.05) is 22.9 Å². The van der Waals surface area contributed by atoms with Gasteiger partial charge in [0.05, 0.1) is 28.2 Å². The molecule has 4 aromatic rings. The highest BCUT2D eigenvalue weighted by atomic mass is 19.2. The molecule has 1 spiro atoms. The van der Waals surface area contributed by atoms with Crippen LogP contribution in [0.15, 0.2) is 54.7 Å². The normalized spacial score (nSPS) is 21.1. The first-order chi connectivity index (χ1) is 17.9. The Morgan fingerprint density at radius 3 is 2.46 bits per heavy atom. The number of hydrogen-bond donors (Lipinski definition) is 1. The van der Waals surface area contributed by atoms with Crippen LogP contribution in [0.25, 0.3) is 11.0 Å². The van der Waals surface area contributed by atoms with E-state index in [0.717, 1.165) is 36.1 Å². The van der Waals surface area contributed by atoms with E-state index in [1.54, 1.807) is 12.3 Å². The number of β-lactam (4-membered cyclic amide) rings is 1. The minimum absolute atomic E-state index is 0.116. The molecule has 2 aliphatic heterocycles. The Balaban J connectivity index is 1.17. The molecule has 1 unspecified atom stereocenters. The van der Waals surface area contributed by atoms with E-state index in [9.17, 15) is 18.0 Å². The van der Waals surface area contributed by atoms with Crippen LogP contribution in [0.4, 0.5) is 24.8 Å². The summed E-state index contributed by atoms with van der Waals surface area (Å²) in [7, 11) is 0. The zero-order valence-corrected chi connectivity index (χ0v) is 19.9. The van der Waals surface area contributed by atoms with Gasteiger partial charge in [0.2, 0.25) is 11.9 Å². The molecular weight excluding hydrogens is 479 g/mol. The highest BCUT2D eigenvalue weighted by molar-refractivity contribution is 6.06. The van der Waals surface area contributed by atoms with E-state index in [4.69, 9.17) is 0 Å². The number of nitrogens with zero attached hydrogens (tertiary/aromatic N) is 4. The number of imidazole rings is 1. The minimum Gasteiger partial charge on any atom is -0.342 e. The minimum atomic E-state index is -0.994. The molecular formula is C28H24F3N5O. The zero-order valence-electron chi connectivity index (χ0n) is 19.9. The van der Waals surface area contributed by atoms with Gasteiger partial charge in [-0.3, -0.25) is 9.78 Å². The van der Waals surface area contributed by atoms with Gasteiger partial charge in [-0.1, -0.05) is 6.07 Å². The van der Waals surface area contributed by atoms with Crippen LogP contribution in [0.3, 0.4) is 0 Å². The van der Waals surface area contributed by atoms with Crippen molar-refractivity contribution in [2.45, 2.75) is 37.6 Å². The molecule has 3 aliphatic rings. The number of pyridine rings is 1. The van der Waals surface area contributed by atoms with Crippen molar-refractivity contribution >= 4 is 28.6 Å². The summed E-state index contributed by atoms with van der Waals surface area (Å²) >= 11 is 0. The number of piperidine rings is 1.